The van der Waals surface area contributed by atoms with E-state index >= 15 is 0 Å². The molecule has 17 heavy (non-hydrogen) atoms. The maximum absolute atomic E-state index is 12.1. The van der Waals surface area contributed by atoms with Crippen molar-refractivity contribution in [3.8, 4) is 0 Å². The van der Waals surface area contributed by atoms with Gasteiger partial charge in [-0.3, -0.25) is 4.79 Å². The van der Waals surface area contributed by atoms with Crippen LogP contribution in [0.5, 0.6) is 0 Å². The van der Waals surface area contributed by atoms with Gasteiger partial charge in [0.2, 0.25) is 0 Å². The Morgan fingerprint density at radius 2 is 1.94 bits per heavy atom. The molecule has 0 radical (unpaired) electrons. The van der Waals surface area contributed by atoms with Crippen molar-refractivity contribution in [2.75, 3.05) is 5.73 Å². The lowest BCUT2D eigenvalue weighted by Crippen LogP contribution is -2.04. The SMILES string of the molecule is Cc1cc(C)cc(C(=O)Cc2csc(N)n2)c1. The zero-order chi connectivity index (χ0) is 12.4. The topological polar surface area (TPSA) is 56.0 Å². The molecule has 0 aliphatic rings. The molecule has 0 amide bonds. The van der Waals surface area contributed by atoms with Gasteiger partial charge in [-0.1, -0.05) is 17.2 Å². The molecule has 1 aromatic carbocycles. The van der Waals surface area contributed by atoms with E-state index < -0.39 is 0 Å². The number of hydrogen-bond acceptors (Lipinski definition) is 4. The van der Waals surface area contributed by atoms with E-state index in [9.17, 15) is 4.79 Å². The predicted molar refractivity (Wildman–Crippen MR) is 70.5 cm³/mol. The van der Waals surface area contributed by atoms with E-state index in [0.29, 0.717) is 11.6 Å². The number of rotatable bonds is 3. The Bertz CT molecular complexity index is 540. The summed E-state index contributed by atoms with van der Waals surface area (Å²) in [7, 11) is 0. The number of hydrogen-bond donors (Lipinski definition) is 1. The van der Waals surface area contributed by atoms with Crippen LogP contribution in [0.1, 0.15) is 27.2 Å². The van der Waals surface area contributed by atoms with Crippen molar-refractivity contribution in [2.45, 2.75) is 20.3 Å². The van der Waals surface area contributed by atoms with E-state index in [1.54, 1.807) is 0 Å². The summed E-state index contributed by atoms with van der Waals surface area (Å²) in [5.41, 5.74) is 9.23. The molecule has 88 valence electrons. The summed E-state index contributed by atoms with van der Waals surface area (Å²) in [6, 6.07) is 5.87. The van der Waals surface area contributed by atoms with Crippen LogP contribution in [-0.4, -0.2) is 10.8 Å². The average molecular weight is 246 g/mol. The molecule has 0 bridgehead atoms. The van der Waals surface area contributed by atoms with Crippen molar-refractivity contribution in [3.05, 3.63) is 46.0 Å². The highest BCUT2D eigenvalue weighted by Crippen LogP contribution is 2.15. The van der Waals surface area contributed by atoms with Gasteiger partial charge in [0.1, 0.15) is 0 Å². The number of nitrogen functional groups attached to an aromatic ring is 1. The van der Waals surface area contributed by atoms with E-state index in [4.69, 9.17) is 5.73 Å². The number of benzene rings is 1. The third kappa shape index (κ3) is 2.91. The van der Waals surface area contributed by atoms with E-state index in [0.717, 1.165) is 22.4 Å². The van der Waals surface area contributed by atoms with Crippen LogP contribution in [0.2, 0.25) is 0 Å². The van der Waals surface area contributed by atoms with Crippen molar-refractivity contribution in [1.29, 1.82) is 0 Å². The largest absolute Gasteiger partial charge is 0.375 e. The molecule has 0 saturated carbocycles. The molecule has 2 N–H and O–H groups in total. The number of aromatic nitrogens is 1. The van der Waals surface area contributed by atoms with Crippen LogP contribution in [0.25, 0.3) is 0 Å². The Hall–Kier alpha value is -1.68. The fraction of sp³-hybridized carbons (Fsp3) is 0.231. The van der Waals surface area contributed by atoms with E-state index in [1.807, 2.05) is 31.4 Å². The minimum atomic E-state index is 0.0853. The van der Waals surface area contributed by atoms with Crippen LogP contribution >= 0.6 is 11.3 Å². The van der Waals surface area contributed by atoms with Gasteiger partial charge < -0.3 is 5.73 Å². The number of anilines is 1. The summed E-state index contributed by atoms with van der Waals surface area (Å²) >= 11 is 1.36. The molecule has 0 saturated heterocycles. The molecule has 2 aromatic rings. The number of nitrogens with two attached hydrogens (primary N) is 1. The molecular formula is C13H14N2OS. The standard InChI is InChI=1S/C13H14N2OS/c1-8-3-9(2)5-10(4-8)12(16)6-11-7-17-13(14)15-11/h3-5,7H,6H2,1-2H3,(H2,14,15). The molecule has 0 aliphatic carbocycles. The molecule has 0 unspecified atom stereocenters. The maximum Gasteiger partial charge on any atom is 0.180 e. The highest BCUT2D eigenvalue weighted by atomic mass is 32.1. The van der Waals surface area contributed by atoms with E-state index in [2.05, 4.69) is 11.1 Å². The Kier molecular flexibility index (Phi) is 3.24. The number of aryl methyl sites for hydroxylation is 2. The summed E-state index contributed by atoms with van der Waals surface area (Å²) in [6.07, 6.45) is 0.316. The molecule has 4 heteroatoms. The Labute approximate surface area is 104 Å². The van der Waals surface area contributed by atoms with Crippen LogP contribution in [0, 0.1) is 13.8 Å². The molecule has 2 rings (SSSR count). The second-order valence-electron chi connectivity index (χ2n) is 4.15. The first-order valence-electron chi connectivity index (χ1n) is 5.36. The van der Waals surface area contributed by atoms with Crippen LogP contribution in [0.4, 0.5) is 5.13 Å². The quantitative estimate of drug-likeness (QED) is 0.847. The molecule has 0 atom stereocenters. The maximum atomic E-state index is 12.1. The average Bonchev–Trinajstić information content (AvgIpc) is 2.62. The Morgan fingerprint density at radius 1 is 1.29 bits per heavy atom. The summed E-state index contributed by atoms with van der Waals surface area (Å²) in [5.74, 6) is 0.0853. The van der Waals surface area contributed by atoms with Gasteiger partial charge in [-0.2, -0.15) is 0 Å². The normalized spacial score (nSPS) is 10.5. The van der Waals surface area contributed by atoms with Crippen molar-refractivity contribution in [3.63, 3.8) is 0 Å². The number of nitrogens with zero attached hydrogens (tertiary/aromatic N) is 1. The van der Waals surface area contributed by atoms with Crippen LogP contribution in [-0.2, 0) is 6.42 Å². The third-order valence-corrected chi connectivity index (χ3v) is 3.18. The van der Waals surface area contributed by atoms with Gasteiger partial charge in [0, 0.05) is 10.9 Å². The number of carbonyl (C=O) groups is 1. The van der Waals surface area contributed by atoms with Crippen LogP contribution in [0.15, 0.2) is 23.6 Å². The van der Waals surface area contributed by atoms with Crippen molar-refractivity contribution in [1.82, 2.24) is 4.98 Å². The van der Waals surface area contributed by atoms with Gasteiger partial charge in [0.25, 0.3) is 0 Å². The monoisotopic (exact) mass is 246 g/mol. The highest BCUT2D eigenvalue weighted by Gasteiger charge is 2.10. The van der Waals surface area contributed by atoms with Crippen molar-refractivity contribution < 1.29 is 4.79 Å². The fourth-order valence-electron chi connectivity index (χ4n) is 1.81. The first-order valence-corrected chi connectivity index (χ1v) is 6.24. The lowest BCUT2D eigenvalue weighted by atomic mass is 10.0. The van der Waals surface area contributed by atoms with E-state index in [-0.39, 0.29) is 5.78 Å². The predicted octanol–water partition coefficient (Wildman–Crippen LogP) is 2.77. The van der Waals surface area contributed by atoms with Crippen molar-refractivity contribution in [2.24, 2.45) is 0 Å². The minimum Gasteiger partial charge on any atom is -0.375 e. The van der Waals surface area contributed by atoms with Gasteiger partial charge in [-0.15, -0.1) is 11.3 Å². The smallest absolute Gasteiger partial charge is 0.180 e. The molecule has 3 nitrogen and oxygen atoms in total. The number of ketones is 1. The van der Waals surface area contributed by atoms with Gasteiger partial charge >= 0.3 is 0 Å². The molecule has 1 heterocycles. The van der Waals surface area contributed by atoms with Crippen LogP contribution in [0.3, 0.4) is 0 Å². The van der Waals surface area contributed by atoms with Crippen molar-refractivity contribution >= 4 is 22.3 Å². The molecule has 0 aliphatic heterocycles. The second-order valence-corrected chi connectivity index (χ2v) is 5.04. The second kappa shape index (κ2) is 4.67. The summed E-state index contributed by atoms with van der Waals surface area (Å²) in [4.78, 5) is 16.1. The first kappa shape index (κ1) is 11.8. The zero-order valence-electron chi connectivity index (χ0n) is 9.86. The van der Waals surface area contributed by atoms with Gasteiger partial charge in [0.05, 0.1) is 12.1 Å². The van der Waals surface area contributed by atoms with E-state index in [1.165, 1.54) is 11.3 Å². The minimum absolute atomic E-state index is 0.0853. The van der Waals surface area contributed by atoms with Gasteiger partial charge in [-0.25, -0.2) is 4.98 Å². The van der Waals surface area contributed by atoms with Gasteiger partial charge in [-0.05, 0) is 26.0 Å². The summed E-state index contributed by atoms with van der Waals surface area (Å²) in [6.45, 7) is 3.98. The Morgan fingerprint density at radius 3 is 2.47 bits per heavy atom. The highest BCUT2D eigenvalue weighted by molar-refractivity contribution is 7.13. The fourth-order valence-corrected chi connectivity index (χ4v) is 2.37. The first-order chi connectivity index (χ1) is 8.04. The zero-order valence-corrected chi connectivity index (χ0v) is 10.7. The molecule has 0 fully saturated rings. The molecule has 1 aromatic heterocycles. The molecule has 0 spiro atoms. The lowest BCUT2D eigenvalue weighted by Gasteiger charge is -2.03. The Balaban J connectivity index is 2.19. The summed E-state index contributed by atoms with van der Waals surface area (Å²) < 4.78 is 0. The number of Topliss-reactive ketones (excluding diaryl/α,β-unsaturated/α-hetero) is 1. The third-order valence-electron chi connectivity index (χ3n) is 2.45. The van der Waals surface area contributed by atoms with Crippen LogP contribution < -0.4 is 5.73 Å². The number of thiazole rings is 1. The van der Waals surface area contributed by atoms with Gasteiger partial charge in [0.15, 0.2) is 10.9 Å². The molecular weight excluding hydrogens is 232 g/mol. The summed E-state index contributed by atoms with van der Waals surface area (Å²) in [5, 5.41) is 2.34. The lowest BCUT2D eigenvalue weighted by molar-refractivity contribution is 0.0992. The number of carbonyl (C=O) groups excluding carboxylic acids is 1.